The molecule has 142 valence electrons. The van der Waals surface area contributed by atoms with E-state index < -0.39 is 0 Å². The molecule has 3 heterocycles. The van der Waals surface area contributed by atoms with E-state index in [0.717, 1.165) is 51.0 Å². The first kappa shape index (κ1) is 20.8. The van der Waals surface area contributed by atoms with Gasteiger partial charge in [0.15, 0.2) is 5.96 Å². The third-order valence-corrected chi connectivity index (χ3v) is 6.17. The van der Waals surface area contributed by atoms with Gasteiger partial charge in [-0.3, -0.25) is 14.6 Å². The largest absolute Gasteiger partial charge is 0.379 e. The zero-order valence-corrected chi connectivity index (χ0v) is 18.2. The fraction of sp³-hybridized carbons (Fsp3) is 0.750. The summed E-state index contributed by atoms with van der Waals surface area (Å²) in [5.41, 5.74) is 1.36. The molecule has 2 aliphatic heterocycles. The van der Waals surface area contributed by atoms with Crippen LogP contribution in [0.4, 0.5) is 0 Å². The Morgan fingerprint density at radius 3 is 2.80 bits per heavy atom. The number of aromatic nitrogens is 2. The number of nitrogens with one attached hydrogen (secondary N) is 2. The van der Waals surface area contributed by atoms with Crippen molar-refractivity contribution in [2.75, 3.05) is 51.4 Å². The number of rotatable bonds is 5. The lowest BCUT2D eigenvalue weighted by molar-refractivity contribution is -0.0120. The third kappa shape index (κ3) is 5.24. The van der Waals surface area contributed by atoms with Crippen molar-refractivity contribution in [1.82, 2.24) is 25.3 Å². The number of morpholine rings is 1. The Labute approximate surface area is 171 Å². The second-order valence-corrected chi connectivity index (χ2v) is 7.46. The Morgan fingerprint density at radius 1 is 1.40 bits per heavy atom. The van der Waals surface area contributed by atoms with Crippen LogP contribution in [-0.2, 0) is 18.3 Å². The molecular formula is C16H29IN6OS. The molecule has 25 heavy (non-hydrogen) atoms. The molecule has 2 N–H and O–H groups in total. The molecule has 7 nitrogen and oxygen atoms in total. The van der Waals surface area contributed by atoms with Gasteiger partial charge in [-0.15, -0.1) is 24.0 Å². The van der Waals surface area contributed by atoms with Gasteiger partial charge in [-0.2, -0.15) is 16.9 Å². The van der Waals surface area contributed by atoms with Gasteiger partial charge in [0.2, 0.25) is 0 Å². The summed E-state index contributed by atoms with van der Waals surface area (Å²) >= 11 is 2.05. The topological polar surface area (TPSA) is 66.7 Å². The molecule has 1 unspecified atom stereocenters. The standard InChI is InChI=1S/C16H28N6OS.HI/c1-17-15(18-11-14-3-5-20-21(14)2)19-12-16(4-10-24-13-16)22-6-8-23-9-7-22;/h3,5H,4,6-13H2,1-2H3,(H2,17,18,19);1H. The van der Waals surface area contributed by atoms with Gasteiger partial charge < -0.3 is 15.4 Å². The molecule has 1 aromatic rings. The number of halogens is 1. The minimum atomic E-state index is 0. The Morgan fingerprint density at radius 2 is 2.20 bits per heavy atom. The highest BCUT2D eigenvalue weighted by molar-refractivity contribution is 14.0. The number of aryl methyl sites for hydroxylation is 1. The van der Waals surface area contributed by atoms with Crippen molar-refractivity contribution >= 4 is 41.7 Å². The van der Waals surface area contributed by atoms with E-state index in [9.17, 15) is 0 Å². The van der Waals surface area contributed by atoms with Crippen molar-refractivity contribution in [2.24, 2.45) is 12.0 Å². The molecule has 0 bridgehead atoms. The van der Waals surface area contributed by atoms with Crippen molar-refractivity contribution in [3.63, 3.8) is 0 Å². The summed E-state index contributed by atoms with van der Waals surface area (Å²) in [6, 6.07) is 2.02. The summed E-state index contributed by atoms with van der Waals surface area (Å²) < 4.78 is 7.41. The predicted octanol–water partition coefficient (Wildman–Crippen LogP) is 0.911. The maximum absolute atomic E-state index is 5.53. The zero-order chi connectivity index (χ0) is 16.8. The van der Waals surface area contributed by atoms with Crippen LogP contribution in [0.2, 0.25) is 0 Å². The zero-order valence-electron chi connectivity index (χ0n) is 15.0. The number of nitrogens with zero attached hydrogens (tertiary/aromatic N) is 4. The average Bonchev–Trinajstić information content (AvgIpc) is 3.26. The van der Waals surface area contributed by atoms with Gasteiger partial charge in [-0.1, -0.05) is 0 Å². The molecule has 1 aromatic heterocycles. The first-order chi connectivity index (χ1) is 11.7. The maximum atomic E-state index is 5.53. The Bertz CT molecular complexity index is 555. The number of ether oxygens (including phenoxy) is 1. The van der Waals surface area contributed by atoms with Crippen LogP contribution >= 0.6 is 35.7 Å². The maximum Gasteiger partial charge on any atom is 0.191 e. The summed E-state index contributed by atoms with van der Waals surface area (Å²) in [6.45, 7) is 5.40. The lowest BCUT2D eigenvalue weighted by Gasteiger charge is -2.43. The first-order valence-corrected chi connectivity index (χ1v) is 9.71. The smallest absolute Gasteiger partial charge is 0.191 e. The molecule has 2 saturated heterocycles. The van der Waals surface area contributed by atoms with E-state index >= 15 is 0 Å². The lowest BCUT2D eigenvalue weighted by atomic mass is 9.95. The molecule has 3 rings (SSSR count). The van der Waals surface area contributed by atoms with Gasteiger partial charge in [-0.25, -0.2) is 0 Å². The number of guanidine groups is 1. The van der Waals surface area contributed by atoms with E-state index in [-0.39, 0.29) is 29.5 Å². The molecule has 0 spiro atoms. The Balaban J connectivity index is 0.00000225. The van der Waals surface area contributed by atoms with Crippen molar-refractivity contribution in [1.29, 1.82) is 0 Å². The van der Waals surface area contributed by atoms with Crippen LogP contribution in [0.1, 0.15) is 12.1 Å². The third-order valence-electron chi connectivity index (χ3n) is 4.93. The van der Waals surface area contributed by atoms with Crippen LogP contribution in [0, 0.1) is 0 Å². The van der Waals surface area contributed by atoms with Crippen LogP contribution in [0.15, 0.2) is 17.3 Å². The van der Waals surface area contributed by atoms with Crippen LogP contribution < -0.4 is 10.6 Å². The summed E-state index contributed by atoms with van der Waals surface area (Å²) in [5, 5.41) is 11.1. The van der Waals surface area contributed by atoms with E-state index in [1.165, 1.54) is 17.9 Å². The van der Waals surface area contributed by atoms with E-state index in [1.54, 1.807) is 0 Å². The van der Waals surface area contributed by atoms with Crippen molar-refractivity contribution in [3.05, 3.63) is 18.0 Å². The molecule has 0 aliphatic carbocycles. The Hall–Kier alpha value is -0.520. The van der Waals surface area contributed by atoms with E-state index in [2.05, 4.69) is 37.4 Å². The van der Waals surface area contributed by atoms with E-state index in [0.29, 0.717) is 0 Å². The van der Waals surface area contributed by atoms with Gasteiger partial charge in [0.05, 0.1) is 25.5 Å². The molecule has 9 heteroatoms. The number of hydrogen-bond donors (Lipinski definition) is 2. The summed E-state index contributed by atoms with van der Waals surface area (Å²) in [4.78, 5) is 6.98. The van der Waals surface area contributed by atoms with Gasteiger partial charge >= 0.3 is 0 Å². The SMILES string of the molecule is CN=C(NCc1ccnn1C)NCC1(N2CCOCC2)CCSC1.I. The van der Waals surface area contributed by atoms with Crippen LogP contribution in [-0.4, -0.2) is 77.6 Å². The molecule has 2 aliphatic rings. The first-order valence-electron chi connectivity index (χ1n) is 8.55. The summed E-state index contributed by atoms with van der Waals surface area (Å²) in [5.74, 6) is 3.26. The summed E-state index contributed by atoms with van der Waals surface area (Å²) in [6.07, 6.45) is 3.04. The minimum absolute atomic E-state index is 0. The van der Waals surface area contributed by atoms with Crippen molar-refractivity contribution in [3.8, 4) is 0 Å². The van der Waals surface area contributed by atoms with Crippen LogP contribution in [0.5, 0.6) is 0 Å². The van der Waals surface area contributed by atoms with E-state index in [4.69, 9.17) is 4.74 Å². The normalized spacial score (nSPS) is 24.8. The molecule has 0 amide bonds. The highest BCUT2D eigenvalue weighted by Crippen LogP contribution is 2.33. The fourth-order valence-corrected chi connectivity index (χ4v) is 4.83. The quantitative estimate of drug-likeness (QED) is 0.371. The minimum Gasteiger partial charge on any atom is -0.379 e. The average molecular weight is 480 g/mol. The van der Waals surface area contributed by atoms with Gasteiger partial charge in [0, 0.05) is 51.2 Å². The van der Waals surface area contributed by atoms with E-state index in [1.807, 2.05) is 31.0 Å². The van der Waals surface area contributed by atoms with Crippen LogP contribution in [0.25, 0.3) is 0 Å². The van der Waals surface area contributed by atoms with Gasteiger partial charge in [0.25, 0.3) is 0 Å². The number of thioether (sulfide) groups is 1. The van der Waals surface area contributed by atoms with Crippen LogP contribution in [0.3, 0.4) is 0 Å². The Kier molecular flexibility index (Phi) is 8.30. The molecular weight excluding hydrogens is 451 g/mol. The highest BCUT2D eigenvalue weighted by atomic mass is 127. The monoisotopic (exact) mass is 480 g/mol. The second kappa shape index (κ2) is 9.98. The van der Waals surface area contributed by atoms with Gasteiger partial charge in [0.1, 0.15) is 0 Å². The van der Waals surface area contributed by atoms with Crippen molar-refractivity contribution in [2.45, 2.75) is 18.5 Å². The van der Waals surface area contributed by atoms with Crippen molar-refractivity contribution < 1.29 is 4.74 Å². The molecule has 2 fully saturated rings. The molecule has 0 saturated carbocycles. The second-order valence-electron chi connectivity index (χ2n) is 6.35. The lowest BCUT2D eigenvalue weighted by Crippen LogP contribution is -2.60. The molecule has 0 radical (unpaired) electrons. The summed E-state index contributed by atoms with van der Waals surface area (Å²) in [7, 11) is 3.78. The highest BCUT2D eigenvalue weighted by Gasteiger charge is 2.40. The fourth-order valence-electron chi connectivity index (χ4n) is 3.35. The molecule has 0 aromatic carbocycles. The number of aliphatic imine (C=N–C) groups is 1. The number of hydrogen-bond acceptors (Lipinski definition) is 5. The van der Waals surface area contributed by atoms with Gasteiger partial charge in [-0.05, 0) is 18.2 Å². The predicted molar refractivity (Wildman–Crippen MR) is 114 cm³/mol. The molecule has 1 atom stereocenters.